The minimum Gasteiger partial charge on any atom is -0.350 e. The van der Waals surface area contributed by atoms with E-state index in [2.05, 4.69) is 21.2 Å². The maximum Gasteiger partial charge on any atom is 0.267 e. The molecular weight excluding hydrogens is 256 g/mol. The van der Waals surface area contributed by atoms with E-state index < -0.39 is 0 Å². The van der Waals surface area contributed by atoms with Gasteiger partial charge in [-0.25, -0.2) is 0 Å². The molecule has 0 saturated heterocycles. The molecule has 1 fully saturated rings. The predicted molar refractivity (Wildman–Crippen MR) is 62.8 cm³/mol. The van der Waals surface area contributed by atoms with Crippen molar-refractivity contribution in [1.29, 1.82) is 0 Å². The van der Waals surface area contributed by atoms with Crippen molar-refractivity contribution < 1.29 is 4.79 Å². The molecular formula is C11H15BrN2O. The van der Waals surface area contributed by atoms with Crippen LogP contribution in [0.1, 0.15) is 29.8 Å². The van der Waals surface area contributed by atoms with E-state index in [1.807, 2.05) is 23.9 Å². The van der Waals surface area contributed by atoms with Gasteiger partial charge in [-0.15, -0.1) is 0 Å². The number of halogens is 1. The lowest BCUT2D eigenvalue weighted by Crippen LogP contribution is -2.33. The zero-order valence-corrected chi connectivity index (χ0v) is 10.4. The lowest BCUT2D eigenvalue weighted by molar-refractivity contribution is 0.0931. The summed E-state index contributed by atoms with van der Waals surface area (Å²) in [4.78, 5) is 11.8. The van der Waals surface area contributed by atoms with Gasteiger partial charge in [-0.05, 0) is 40.8 Å². The minimum atomic E-state index is 0.0232. The number of amides is 1. The lowest BCUT2D eigenvalue weighted by atomic mass is 9.85. The Morgan fingerprint density at radius 2 is 2.40 bits per heavy atom. The highest BCUT2D eigenvalue weighted by Crippen LogP contribution is 2.25. The Hall–Kier alpha value is -0.770. The van der Waals surface area contributed by atoms with E-state index in [4.69, 9.17) is 0 Å². The fraction of sp³-hybridized carbons (Fsp3) is 0.545. The second-order valence-electron chi connectivity index (χ2n) is 4.16. The van der Waals surface area contributed by atoms with Gasteiger partial charge in [0, 0.05) is 24.3 Å². The molecule has 0 aromatic carbocycles. The molecule has 1 aliphatic carbocycles. The molecule has 1 aromatic heterocycles. The molecule has 1 heterocycles. The second-order valence-corrected chi connectivity index (χ2v) is 5.08. The maximum atomic E-state index is 11.8. The van der Waals surface area contributed by atoms with E-state index in [9.17, 15) is 4.79 Å². The molecule has 82 valence electrons. The van der Waals surface area contributed by atoms with Crippen molar-refractivity contribution in [2.24, 2.45) is 13.0 Å². The van der Waals surface area contributed by atoms with Crippen molar-refractivity contribution in [2.75, 3.05) is 6.54 Å². The molecule has 1 amide bonds. The van der Waals surface area contributed by atoms with Gasteiger partial charge in [0.2, 0.25) is 0 Å². The molecule has 1 aromatic rings. The second kappa shape index (κ2) is 4.39. The van der Waals surface area contributed by atoms with E-state index in [0.717, 1.165) is 11.0 Å². The number of hydrogen-bond acceptors (Lipinski definition) is 1. The first-order chi connectivity index (χ1) is 7.16. The third-order valence-corrected chi connectivity index (χ3v) is 3.41. The molecule has 1 N–H and O–H groups in total. The van der Waals surface area contributed by atoms with E-state index in [0.29, 0.717) is 11.6 Å². The van der Waals surface area contributed by atoms with E-state index in [1.54, 1.807) is 0 Å². The molecule has 0 bridgehead atoms. The summed E-state index contributed by atoms with van der Waals surface area (Å²) < 4.78 is 2.78. The van der Waals surface area contributed by atoms with Crippen LogP contribution in [0.4, 0.5) is 0 Å². The van der Waals surface area contributed by atoms with Gasteiger partial charge in [-0.3, -0.25) is 4.79 Å². The number of aryl methyl sites for hydroxylation is 1. The molecule has 0 aliphatic heterocycles. The van der Waals surface area contributed by atoms with Gasteiger partial charge < -0.3 is 9.88 Å². The SMILES string of the molecule is Cn1cc(Br)cc1C(=O)NCC1CCC1. The molecule has 1 saturated carbocycles. The number of carbonyl (C=O) groups excluding carboxylic acids is 1. The van der Waals surface area contributed by atoms with Crippen molar-refractivity contribution in [3.05, 3.63) is 22.4 Å². The van der Waals surface area contributed by atoms with Crippen LogP contribution in [0.25, 0.3) is 0 Å². The van der Waals surface area contributed by atoms with E-state index in [-0.39, 0.29) is 5.91 Å². The maximum absolute atomic E-state index is 11.8. The fourth-order valence-corrected chi connectivity index (χ4v) is 2.30. The number of hydrogen-bond donors (Lipinski definition) is 1. The van der Waals surface area contributed by atoms with Crippen LogP contribution in [0.15, 0.2) is 16.7 Å². The van der Waals surface area contributed by atoms with Gasteiger partial charge in [-0.2, -0.15) is 0 Å². The number of nitrogens with one attached hydrogen (secondary N) is 1. The topological polar surface area (TPSA) is 34.0 Å². The number of rotatable bonds is 3. The Bertz CT molecular complexity index is 369. The predicted octanol–water partition coefficient (Wildman–Crippen LogP) is 2.32. The van der Waals surface area contributed by atoms with Gasteiger partial charge in [-0.1, -0.05) is 6.42 Å². The van der Waals surface area contributed by atoms with Crippen molar-refractivity contribution in [1.82, 2.24) is 9.88 Å². The van der Waals surface area contributed by atoms with Gasteiger partial charge in [0.15, 0.2) is 0 Å². The zero-order chi connectivity index (χ0) is 10.8. The molecule has 0 spiro atoms. The number of nitrogens with zero attached hydrogens (tertiary/aromatic N) is 1. The van der Waals surface area contributed by atoms with Crippen molar-refractivity contribution in [3.8, 4) is 0 Å². The molecule has 2 rings (SSSR count). The van der Waals surface area contributed by atoms with E-state index in [1.165, 1.54) is 19.3 Å². The molecule has 0 radical (unpaired) electrons. The molecule has 0 unspecified atom stereocenters. The molecule has 0 atom stereocenters. The highest BCUT2D eigenvalue weighted by molar-refractivity contribution is 9.10. The van der Waals surface area contributed by atoms with Gasteiger partial charge in [0.1, 0.15) is 5.69 Å². The largest absolute Gasteiger partial charge is 0.350 e. The first-order valence-corrected chi connectivity index (χ1v) is 6.06. The molecule has 1 aliphatic rings. The number of aromatic nitrogens is 1. The van der Waals surface area contributed by atoms with Crippen LogP contribution >= 0.6 is 15.9 Å². The van der Waals surface area contributed by atoms with Gasteiger partial charge in [0.05, 0.1) is 0 Å². The summed E-state index contributed by atoms with van der Waals surface area (Å²) in [5, 5.41) is 2.97. The summed E-state index contributed by atoms with van der Waals surface area (Å²) in [5.74, 6) is 0.729. The highest BCUT2D eigenvalue weighted by Gasteiger charge is 2.19. The molecule has 4 heteroatoms. The Morgan fingerprint density at radius 3 is 2.87 bits per heavy atom. The standard InChI is InChI=1S/C11H15BrN2O/c1-14-7-9(12)5-10(14)11(15)13-6-8-3-2-4-8/h5,7-8H,2-4,6H2,1H3,(H,13,15). The minimum absolute atomic E-state index is 0.0232. The third kappa shape index (κ3) is 2.43. The van der Waals surface area contributed by atoms with Gasteiger partial charge >= 0.3 is 0 Å². The summed E-state index contributed by atoms with van der Waals surface area (Å²) in [6, 6.07) is 1.84. The average Bonchev–Trinajstić information content (AvgIpc) is 2.42. The quantitative estimate of drug-likeness (QED) is 0.899. The van der Waals surface area contributed by atoms with Crippen LogP contribution in [0.2, 0.25) is 0 Å². The van der Waals surface area contributed by atoms with Crippen LogP contribution in [-0.4, -0.2) is 17.0 Å². The summed E-state index contributed by atoms with van der Waals surface area (Å²) >= 11 is 3.36. The Balaban J connectivity index is 1.92. The van der Waals surface area contributed by atoms with Gasteiger partial charge in [0.25, 0.3) is 5.91 Å². The van der Waals surface area contributed by atoms with Crippen LogP contribution in [0.5, 0.6) is 0 Å². The lowest BCUT2D eigenvalue weighted by Gasteiger charge is -2.25. The third-order valence-electron chi connectivity index (χ3n) is 2.98. The summed E-state index contributed by atoms with van der Waals surface area (Å²) in [7, 11) is 1.88. The Kier molecular flexibility index (Phi) is 3.14. The first kappa shape index (κ1) is 10.7. The number of carbonyl (C=O) groups is 1. The monoisotopic (exact) mass is 270 g/mol. The average molecular weight is 271 g/mol. The van der Waals surface area contributed by atoms with Crippen molar-refractivity contribution in [2.45, 2.75) is 19.3 Å². The van der Waals surface area contributed by atoms with Crippen LogP contribution in [0.3, 0.4) is 0 Å². The van der Waals surface area contributed by atoms with Crippen LogP contribution in [-0.2, 0) is 7.05 Å². The molecule has 3 nitrogen and oxygen atoms in total. The van der Waals surface area contributed by atoms with E-state index >= 15 is 0 Å². The normalized spacial score (nSPS) is 16.1. The summed E-state index contributed by atoms with van der Waals surface area (Å²) in [6.45, 7) is 0.821. The van der Waals surface area contributed by atoms with Crippen LogP contribution in [0, 0.1) is 5.92 Å². The summed E-state index contributed by atoms with van der Waals surface area (Å²) in [5.41, 5.74) is 0.709. The van der Waals surface area contributed by atoms with Crippen molar-refractivity contribution >= 4 is 21.8 Å². The summed E-state index contributed by atoms with van der Waals surface area (Å²) in [6.07, 6.45) is 5.72. The molecule has 15 heavy (non-hydrogen) atoms. The smallest absolute Gasteiger partial charge is 0.267 e. The Morgan fingerprint density at radius 1 is 1.67 bits per heavy atom. The zero-order valence-electron chi connectivity index (χ0n) is 8.79. The first-order valence-electron chi connectivity index (χ1n) is 5.27. The van der Waals surface area contributed by atoms with Crippen LogP contribution < -0.4 is 5.32 Å². The fourth-order valence-electron chi connectivity index (χ4n) is 1.77. The Labute approximate surface area is 98.0 Å². The van der Waals surface area contributed by atoms with Crippen molar-refractivity contribution in [3.63, 3.8) is 0 Å². The highest BCUT2D eigenvalue weighted by atomic mass is 79.9.